The van der Waals surface area contributed by atoms with Gasteiger partial charge in [0.1, 0.15) is 19.3 Å². The first-order valence-corrected chi connectivity index (χ1v) is 4.24. The normalized spacial score (nSPS) is 10.6. The molecular formula is C8H14BNO3. The fraction of sp³-hybridized carbons (Fsp3) is 0.625. The quantitative estimate of drug-likeness (QED) is 0.451. The summed E-state index contributed by atoms with van der Waals surface area (Å²) in [6.45, 7) is 3.57. The molecule has 1 aromatic rings. The molecule has 1 heterocycles. The first-order chi connectivity index (χ1) is 6.25. The second-order valence-corrected chi connectivity index (χ2v) is 2.86. The van der Waals surface area contributed by atoms with E-state index < -0.39 is 0 Å². The summed E-state index contributed by atoms with van der Waals surface area (Å²) in [6, 6.07) is 0. The van der Waals surface area contributed by atoms with E-state index in [0.29, 0.717) is 19.8 Å². The van der Waals surface area contributed by atoms with Crippen LogP contribution in [-0.2, 0) is 16.1 Å². The van der Waals surface area contributed by atoms with Gasteiger partial charge < -0.3 is 14.0 Å². The molecule has 72 valence electrons. The smallest absolute Gasteiger partial charge is 0.146 e. The topological polar surface area (TPSA) is 44.5 Å². The molecule has 13 heavy (non-hydrogen) atoms. The molecule has 5 heteroatoms. The Kier molecular flexibility index (Phi) is 3.98. The third kappa shape index (κ3) is 2.86. The van der Waals surface area contributed by atoms with Gasteiger partial charge in [0.25, 0.3) is 0 Å². The van der Waals surface area contributed by atoms with E-state index in [-0.39, 0.29) is 0 Å². The van der Waals surface area contributed by atoms with Crippen molar-refractivity contribution < 1.29 is 14.0 Å². The van der Waals surface area contributed by atoms with Crippen molar-refractivity contribution >= 4 is 13.3 Å². The standard InChI is InChI=1S/C8H14BNO3/c1-6-8(9)7(10-13-6)5-12-4-3-11-2/h3-5,9H2,1-2H3. The number of hydrogen-bond donors (Lipinski definition) is 0. The molecule has 0 bridgehead atoms. The summed E-state index contributed by atoms with van der Waals surface area (Å²) in [5.74, 6) is 0.852. The number of methoxy groups -OCH3 is 1. The van der Waals surface area contributed by atoms with Gasteiger partial charge in [0.2, 0.25) is 0 Å². The van der Waals surface area contributed by atoms with E-state index in [9.17, 15) is 0 Å². The molecule has 0 aliphatic carbocycles. The molecule has 0 unspecified atom stereocenters. The Morgan fingerprint density at radius 3 is 2.77 bits per heavy atom. The highest BCUT2D eigenvalue weighted by molar-refractivity contribution is 6.33. The Bertz CT molecular complexity index is 262. The Balaban J connectivity index is 2.32. The SMILES string of the molecule is Bc1c(COCCOC)noc1C. The maximum atomic E-state index is 5.31. The molecule has 0 aliphatic rings. The molecule has 1 aromatic heterocycles. The fourth-order valence-corrected chi connectivity index (χ4v) is 0.909. The fourth-order valence-electron chi connectivity index (χ4n) is 0.909. The van der Waals surface area contributed by atoms with Gasteiger partial charge in [0, 0.05) is 7.11 Å². The monoisotopic (exact) mass is 183 g/mol. The van der Waals surface area contributed by atoms with Crippen LogP contribution in [0.2, 0.25) is 0 Å². The van der Waals surface area contributed by atoms with E-state index in [1.54, 1.807) is 7.11 Å². The van der Waals surface area contributed by atoms with Crippen LogP contribution >= 0.6 is 0 Å². The molecule has 0 spiro atoms. The number of rotatable bonds is 5. The lowest BCUT2D eigenvalue weighted by molar-refractivity contribution is 0.0593. The Morgan fingerprint density at radius 1 is 1.46 bits per heavy atom. The molecule has 0 atom stereocenters. The van der Waals surface area contributed by atoms with Crippen LogP contribution in [-0.4, -0.2) is 33.3 Å². The average molecular weight is 183 g/mol. The van der Waals surface area contributed by atoms with Gasteiger partial charge in [-0.2, -0.15) is 0 Å². The summed E-state index contributed by atoms with van der Waals surface area (Å²) >= 11 is 0. The van der Waals surface area contributed by atoms with Crippen molar-refractivity contribution in [1.29, 1.82) is 0 Å². The zero-order valence-corrected chi connectivity index (χ0v) is 8.29. The molecule has 0 fully saturated rings. The van der Waals surface area contributed by atoms with Crippen molar-refractivity contribution in [3.8, 4) is 0 Å². The van der Waals surface area contributed by atoms with E-state index in [1.807, 2.05) is 14.8 Å². The largest absolute Gasteiger partial charge is 0.382 e. The van der Waals surface area contributed by atoms with Crippen LogP contribution < -0.4 is 5.46 Å². The predicted molar refractivity (Wildman–Crippen MR) is 51.0 cm³/mol. The summed E-state index contributed by atoms with van der Waals surface area (Å²) in [5.41, 5.74) is 1.94. The first kappa shape index (κ1) is 10.3. The van der Waals surface area contributed by atoms with Gasteiger partial charge in [-0.1, -0.05) is 5.16 Å². The van der Waals surface area contributed by atoms with Crippen molar-refractivity contribution in [2.45, 2.75) is 13.5 Å². The van der Waals surface area contributed by atoms with Crippen LogP contribution in [0.15, 0.2) is 4.52 Å². The second-order valence-electron chi connectivity index (χ2n) is 2.86. The highest BCUT2D eigenvalue weighted by Crippen LogP contribution is 1.98. The Morgan fingerprint density at radius 2 is 2.23 bits per heavy atom. The molecule has 0 amide bonds. The zero-order valence-electron chi connectivity index (χ0n) is 8.29. The van der Waals surface area contributed by atoms with Crippen LogP contribution in [0.5, 0.6) is 0 Å². The van der Waals surface area contributed by atoms with Crippen molar-refractivity contribution in [2.75, 3.05) is 20.3 Å². The summed E-state index contributed by atoms with van der Waals surface area (Å²) in [5, 5.41) is 3.87. The van der Waals surface area contributed by atoms with E-state index in [1.165, 1.54) is 0 Å². The molecule has 0 aromatic carbocycles. The Hall–Kier alpha value is -0.805. The average Bonchev–Trinajstić information content (AvgIpc) is 2.43. The van der Waals surface area contributed by atoms with Gasteiger partial charge in [-0.3, -0.25) is 0 Å². The summed E-state index contributed by atoms with van der Waals surface area (Å²) in [4.78, 5) is 0. The van der Waals surface area contributed by atoms with E-state index in [2.05, 4.69) is 5.16 Å². The van der Waals surface area contributed by atoms with E-state index in [4.69, 9.17) is 14.0 Å². The van der Waals surface area contributed by atoms with Crippen molar-refractivity contribution in [1.82, 2.24) is 5.16 Å². The highest BCUT2D eigenvalue weighted by Gasteiger charge is 2.06. The van der Waals surface area contributed by atoms with Crippen molar-refractivity contribution in [3.05, 3.63) is 11.5 Å². The molecule has 0 saturated heterocycles. The lowest BCUT2D eigenvalue weighted by atomic mass is 9.94. The number of hydrogen-bond acceptors (Lipinski definition) is 4. The van der Waals surface area contributed by atoms with Gasteiger partial charge in [0.15, 0.2) is 0 Å². The third-order valence-electron chi connectivity index (χ3n) is 1.92. The molecule has 4 nitrogen and oxygen atoms in total. The number of ether oxygens (including phenoxy) is 2. The lowest BCUT2D eigenvalue weighted by Gasteiger charge is -2.00. The summed E-state index contributed by atoms with van der Waals surface area (Å²) < 4.78 is 15.1. The second kappa shape index (κ2) is 5.04. The summed E-state index contributed by atoms with van der Waals surface area (Å²) in [6.07, 6.45) is 0. The molecule has 0 saturated carbocycles. The van der Waals surface area contributed by atoms with E-state index in [0.717, 1.165) is 16.9 Å². The number of nitrogens with zero attached hydrogens (tertiary/aromatic N) is 1. The predicted octanol–water partition coefficient (Wildman–Crippen LogP) is -0.596. The minimum absolute atomic E-state index is 0.493. The first-order valence-electron chi connectivity index (χ1n) is 4.24. The van der Waals surface area contributed by atoms with Crippen LogP contribution in [0.25, 0.3) is 0 Å². The Labute approximate surface area is 78.6 Å². The van der Waals surface area contributed by atoms with Crippen LogP contribution in [0.1, 0.15) is 11.5 Å². The zero-order chi connectivity index (χ0) is 9.68. The van der Waals surface area contributed by atoms with Gasteiger partial charge in [-0.25, -0.2) is 0 Å². The molecular weight excluding hydrogens is 169 g/mol. The lowest BCUT2D eigenvalue weighted by Crippen LogP contribution is -2.12. The number of aromatic nitrogens is 1. The molecule has 0 radical (unpaired) electrons. The van der Waals surface area contributed by atoms with Gasteiger partial charge in [-0.15, -0.1) is 0 Å². The minimum atomic E-state index is 0.493. The van der Waals surface area contributed by atoms with Crippen LogP contribution in [0.4, 0.5) is 0 Å². The summed E-state index contributed by atoms with van der Waals surface area (Å²) in [7, 11) is 3.62. The number of aryl methyl sites for hydroxylation is 1. The molecule has 0 N–H and O–H groups in total. The minimum Gasteiger partial charge on any atom is -0.382 e. The van der Waals surface area contributed by atoms with Gasteiger partial charge in [-0.05, 0) is 12.4 Å². The highest BCUT2D eigenvalue weighted by atomic mass is 16.5. The van der Waals surface area contributed by atoms with Crippen molar-refractivity contribution in [3.63, 3.8) is 0 Å². The van der Waals surface area contributed by atoms with Gasteiger partial charge in [0.05, 0.1) is 19.8 Å². The van der Waals surface area contributed by atoms with Gasteiger partial charge >= 0.3 is 0 Å². The van der Waals surface area contributed by atoms with Crippen LogP contribution in [0.3, 0.4) is 0 Å². The maximum Gasteiger partial charge on any atom is 0.146 e. The van der Waals surface area contributed by atoms with Crippen LogP contribution in [0, 0.1) is 6.92 Å². The third-order valence-corrected chi connectivity index (χ3v) is 1.92. The molecule has 0 aliphatic heterocycles. The van der Waals surface area contributed by atoms with Crippen molar-refractivity contribution in [2.24, 2.45) is 0 Å². The maximum absolute atomic E-state index is 5.31. The molecule has 1 rings (SSSR count). The van der Waals surface area contributed by atoms with E-state index >= 15 is 0 Å².